The minimum Gasteiger partial charge on any atom is -0.465 e. The molecular formula is C13H18N2O3. The molecule has 0 saturated carbocycles. The fourth-order valence-corrected chi connectivity index (χ4v) is 2.66. The lowest BCUT2D eigenvalue weighted by Gasteiger charge is -2.27. The SMILES string of the molecule is Cc1oc2c(c1C(=O)N1CCOCC1)CNCC2. The van der Waals surface area contributed by atoms with Gasteiger partial charge >= 0.3 is 0 Å². The van der Waals surface area contributed by atoms with E-state index >= 15 is 0 Å². The number of morpholine rings is 1. The number of rotatable bonds is 1. The van der Waals surface area contributed by atoms with E-state index in [1.165, 1.54) is 0 Å². The lowest BCUT2D eigenvalue weighted by molar-refractivity contribution is 0.0301. The van der Waals surface area contributed by atoms with Crippen molar-refractivity contribution < 1.29 is 13.9 Å². The third-order valence-corrected chi connectivity index (χ3v) is 3.61. The average molecular weight is 250 g/mol. The highest BCUT2D eigenvalue weighted by Gasteiger charge is 2.28. The molecule has 5 heteroatoms. The van der Waals surface area contributed by atoms with E-state index in [2.05, 4.69) is 5.32 Å². The number of hydrogen-bond acceptors (Lipinski definition) is 4. The van der Waals surface area contributed by atoms with Crippen molar-refractivity contribution >= 4 is 5.91 Å². The van der Waals surface area contributed by atoms with Gasteiger partial charge in [-0.05, 0) is 6.92 Å². The van der Waals surface area contributed by atoms with Crippen molar-refractivity contribution in [2.75, 3.05) is 32.8 Å². The monoisotopic (exact) mass is 250 g/mol. The third kappa shape index (κ3) is 1.93. The fourth-order valence-electron chi connectivity index (χ4n) is 2.66. The molecular weight excluding hydrogens is 232 g/mol. The van der Waals surface area contributed by atoms with Crippen LogP contribution in [0.5, 0.6) is 0 Å². The number of carbonyl (C=O) groups excluding carboxylic acids is 1. The Hall–Kier alpha value is -1.33. The van der Waals surface area contributed by atoms with Crippen molar-refractivity contribution in [2.24, 2.45) is 0 Å². The largest absolute Gasteiger partial charge is 0.465 e. The molecule has 5 nitrogen and oxygen atoms in total. The Morgan fingerprint density at radius 2 is 2.11 bits per heavy atom. The van der Waals surface area contributed by atoms with Crippen molar-refractivity contribution in [1.29, 1.82) is 0 Å². The van der Waals surface area contributed by atoms with Crippen LogP contribution in [0.1, 0.15) is 27.4 Å². The van der Waals surface area contributed by atoms with E-state index in [-0.39, 0.29) is 5.91 Å². The van der Waals surface area contributed by atoms with Gasteiger partial charge in [-0.1, -0.05) is 0 Å². The summed E-state index contributed by atoms with van der Waals surface area (Å²) >= 11 is 0. The van der Waals surface area contributed by atoms with E-state index in [1.807, 2.05) is 11.8 Å². The lowest BCUT2D eigenvalue weighted by atomic mass is 10.0. The predicted octanol–water partition coefficient (Wildman–Crippen LogP) is 0.706. The summed E-state index contributed by atoms with van der Waals surface area (Å²) in [6, 6.07) is 0. The van der Waals surface area contributed by atoms with E-state index in [1.54, 1.807) is 0 Å². The number of carbonyl (C=O) groups is 1. The minimum atomic E-state index is 0.0875. The van der Waals surface area contributed by atoms with Gasteiger partial charge < -0.3 is 19.4 Å². The second kappa shape index (κ2) is 4.74. The quantitative estimate of drug-likeness (QED) is 0.797. The molecule has 0 radical (unpaired) electrons. The molecule has 0 unspecified atom stereocenters. The molecule has 0 aromatic carbocycles. The van der Waals surface area contributed by atoms with Gasteiger partial charge in [0.15, 0.2) is 0 Å². The van der Waals surface area contributed by atoms with Gasteiger partial charge in [0.05, 0.1) is 18.8 Å². The molecule has 18 heavy (non-hydrogen) atoms. The molecule has 2 aliphatic rings. The Bertz CT molecular complexity index is 461. The first kappa shape index (κ1) is 11.7. The van der Waals surface area contributed by atoms with Crippen LogP contribution in [-0.2, 0) is 17.7 Å². The maximum absolute atomic E-state index is 12.5. The fraction of sp³-hybridized carbons (Fsp3) is 0.615. The summed E-state index contributed by atoms with van der Waals surface area (Å²) in [7, 11) is 0. The first-order valence-electron chi connectivity index (χ1n) is 6.46. The number of furan rings is 1. The highest BCUT2D eigenvalue weighted by molar-refractivity contribution is 5.97. The Morgan fingerprint density at radius 1 is 1.33 bits per heavy atom. The second-order valence-corrected chi connectivity index (χ2v) is 4.77. The zero-order valence-electron chi connectivity index (χ0n) is 10.6. The first-order chi connectivity index (χ1) is 8.77. The Balaban J connectivity index is 1.90. The molecule has 0 bridgehead atoms. The number of nitrogens with zero attached hydrogens (tertiary/aromatic N) is 1. The Kier molecular flexibility index (Phi) is 3.09. The number of nitrogens with one attached hydrogen (secondary N) is 1. The summed E-state index contributed by atoms with van der Waals surface area (Å²) in [6.45, 7) is 6.14. The molecule has 1 amide bonds. The number of fused-ring (bicyclic) bond motifs is 1. The van der Waals surface area contributed by atoms with Crippen molar-refractivity contribution in [1.82, 2.24) is 10.2 Å². The maximum Gasteiger partial charge on any atom is 0.257 e. The Labute approximate surface area is 106 Å². The maximum atomic E-state index is 12.5. The van der Waals surface area contributed by atoms with Gasteiger partial charge in [0.25, 0.3) is 5.91 Å². The van der Waals surface area contributed by atoms with Crippen molar-refractivity contribution in [3.05, 3.63) is 22.6 Å². The van der Waals surface area contributed by atoms with E-state index in [9.17, 15) is 4.79 Å². The van der Waals surface area contributed by atoms with Gasteiger partial charge in [0, 0.05) is 38.2 Å². The van der Waals surface area contributed by atoms with E-state index in [0.29, 0.717) is 26.3 Å². The van der Waals surface area contributed by atoms with Crippen LogP contribution < -0.4 is 5.32 Å². The number of aryl methyl sites for hydroxylation is 1. The normalized spacial score (nSPS) is 19.7. The van der Waals surface area contributed by atoms with Crippen molar-refractivity contribution in [3.63, 3.8) is 0 Å². The van der Waals surface area contributed by atoms with E-state index in [0.717, 1.165) is 42.2 Å². The molecule has 1 fully saturated rings. The van der Waals surface area contributed by atoms with Gasteiger partial charge in [0.1, 0.15) is 11.5 Å². The zero-order valence-corrected chi connectivity index (χ0v) is 10.6. The topological polar surface area (TPSA) is 54.7 Å². The lowest BCUT2D eigenvalue weighted by Crippen LogP contribution is -2.41. The second-order valence-electron chi connectivity index (χ2n) is 4.77. The average Bonchev–Trinajstić information content (AvgIpc) is 2.75. The molecule has 1 saturated heterocycles. The summed E-state index contributed by atoms with van der Waals surface area (Å²) in [6.07, 6.45) is 0.868. The third-order valence-electron chi connectivity index (χ3n) is 3.61. The standard InChI is InChI=1S/C13H18N2O3/c1-9-12(10-8-14-3-2-11(10)18-9)13(16)15-4-6-17-7-5-15/h14H,2-8H2,1H3. The van der Waals surface area contributed by atoms with Crippen LogP contribution in [-0.4, -0.2) is 43.7 Å². The van der Waals surface area contributed by atoms with Crippen molar-refractivity contribution in [2.45, 2.75) is 19.9 Å². The van der Waals surface area contributed by atoms with Crippen LogP contribution in [0.3, 0.4) is 0 Å². The molecule has 1 aromatic heterocycles. The number of ether oxygens (including phenoxy) is 1. The summed E-state index contributed by atoms with van der Waals surface area (Å²) in [5.41, 5.74) is 1.81. The molecule has 1 aromatic rings. The predicted molar refractivity (Wildman–Crippen MR) is 65.6 cm³/mol. The summed E-state index contributed by atoms with van der Waals surface area (Å²) in [5, 5.41) is 3.30. The highest BCUT2D eigenvalue weighted by atomic mass is 16.5. The molecule has 3 heterocycles. The van der Waals surface area contributed by atoms with Gasteiger partial charge in [-0.2, -0.15) is 0 Å². The van der Waals surface area contributed by atoms with E-state index < -0.39 is 0 Å². The molecule has 2 aliphatic heterocycles. The smallest absolute Gasteiger partial charge is 0.257 e. The van der Waals surface area contributed by atoms with Crippen molar-refractivity contribution in [3.8, 4) is 0 Å². The summed E-state index contributed by atoms with van der Waals surface area (Å²) in [5.74, 6) is 1.81. The van der Waals surface area contributed by atoms with Gasteiger partial charge in [-0.25, -0.2) is 0 Å². The Morgan fingerprint density at radius 3 is 2.89 bits per heavy atom. The van der Waals surface area contributed by atoms with Crippen LogP contribution in [0.2, 0.25) is 0 Å². The molecule has 98 valence electrons. The minimum absolute atomic E-state index is 0.0875. The van der Waals surface area contributed by atoms with Gasteiger partial charge in [-0.15, -0.1) is 0 Å². The molecule has 3 rings (SSSR count). The first-order valence-corrected chi connectivity index (χ1v) is 6.46. The number of amides is 1. The van der Waals surface area contributed by atoms with Crippen LogP contribution in [0, 0.1) is 6.92 Å². The molecule has 0 atom stereocenters. The van der Waals surface area contributed by atoms with Gasteiger partial charge in [0.2, 0.25) is 0 Å². The van der Waals surface area contributed by atoms with Crippen LogP contribution in [0.25, 0.3) is 0 Å². The van der Waals surface area contributed by atoms with Crippen LogP contribution in [0.4, 0.5) is 0 Å². The number of hydrogen-bond donors (Lipinski definition) is 1. The van der Waals surface area contributed by atoms with Crippen LogP contribution in [0.15, 0.2) is 4.42 Å². The summed E-state index contributed by atoms with van der Waals surface area (Å²) in [4.78, 5) is 14.4. The summed E-state index contributed by atoms with van der Waals surface area (Å²) < 4.78 is 11.0. The van der Waals surface area contributed by atoms with Gasteiger partial charge in [-0.3, -0.25) is 4.79 Å². The van der Waals surface area contributed by atoms with E-state index in [4.69, 9.17) is 9.15 Å². The zero-order chi connectivity index (χ0) is 12.5. The molecule has 0 aliphatic carbocycles. The molecule has 0 spiro atoms. The molecule has 1 N–H and O–H groups in total. The van der Waals surface area contributed by atoms with Crippen LogP contribution >= 0.6 is 0 Å². The highest BCUT2D eigenvalue weighted by Crippen LogP contribution is 2.26.